The van der Waals surface area contributed by atoms with Crippen LogP contribution in [-0.4, -0.2) is 60.1 Å². The van der Waals surface area contributed by atoms with Gasteiger partial charge in [-0.15, -0.1) is 24.0 Å². The van der Waals surface area contributed by atoms with Gasteiger partial charge < -0.3 is 15.6 Å². The number of benzene rings is 1. The molecule has 1 aromatic carbocycles. The third kappa shape index (κ3) is 6.34. The summed E-state index contributed by atoms with van der Waals surface area (Å²) in [6.07, 6.45) is 6.17. The van der Waals surface area contributed by atoms with E-state index in [0.717, 1.165) is 54.9 Å². The van der Waals surface area contributed by atoms with E-state index >= 15 is 0 Å². The van der Waals surface area contributed by atoms with Crippen LogP contribution in [0, 0.1) is 0 Å². The fourth-order valence-electron chi connectivity index (χ4n) is 3.78. The Balaban J connectivity index is 0.00000261. The van der Waals surface area contributed by atoms with Gasteiger partial charge in [0.05, 0.1) is 11.0 Å². The van der Waals surface area contributed by atoms with Crippen LogP contribution in [0.4, 0.5) is 0 Å². The van der Waals surface area contributed by atoms with Gasteiger partial charge in [-0.2, -0.15) is 0 Å². The van der Waals surface area contributed by atoms with Gasteiger partial charge in [-0.1, -0.05) is 25.5 Å². The summed E-state index contributed by atoms with van der Waals surface area (Å²) in [7, 11) is 1.83. The third-order valence-electron chi connectivity index (χ3n) is 5.23. The summed E-state index contributed by atoms with van der Waals surface area (Å²) in [4.78, 5) is 14.9. The number of aromatic amines is 1. The Bertz CT molecular complexity index is 680. The molecule has 3 rings (SSSR count). The van der Waals surface area contributed by atoms with Crippen LogP contribution in [-0.2, 0) is 6.42 Å². The van der Waals surface area contributed by atoms with Crippen LogP contribution in [0.1, 0.15) is 38.4 Å². The van der Waals surface area contributed by atoms with Crippen molar-refractivity contribution in [3.8, 4) is 0 Å². The molecule has 3 N–H and O–H groups in total. The molecule has 1 atom stereocenters. The molecule has 1 aliphatic rings. The van der Waals surface area contributed by atoms with Gasteiger partial charge in [0.15, 0.2) is 5.96 Å². The van der Waals surface area contributed by atoms with Gasteiger partial charge in [0.2, 0.25) is 0 Å². The lowest BCUT2D eigenvalue weighted by Crippen LogP contribution is -2.46. The van der Waals surface area contributed by atoms with Crippen LogP contribution in [0.5, 0.6) is 0 Å². The van der Waals surface area contributed by atoms with E-state index in [1.54, 1.807) is 0 Å². The number of halogens is 1. The van der Waals surface area contributed by atoms with E-state index in [9.17, 15) is 0 Å². The Morgan fingerprint density at radius 1 is 1.26 bits per heavy atom. The van der Waals surface area contributed by atoms with Crippen LogP contribution in [0.3, 0.4) is 0 Å². The molecule has 2 heterocycles. The monoisotopic (exact) mass is 484 g/mol. The zero-order valence-corrected chi connectivity index (χ0v) is 18.8. The number of fused-ring (bicyclic) bond motifs is 1. The second-order valence-corrected chi connectivity index (χ2v) is 6.97. The number of likely N-dealkylation sites (tertiary alicyclic amines) is 1. The number of imidazole rings is 1. The van der Waals surface area contributed by atoms with Gasteiger partial charge in [-0.3, -0.25) is 9.89 Å². The SMILES string of the molecule is CCC1CCCCN1CCNC(=NC)NCCc1nc2ccccc2[nH]1.I. The predicted octanol–water partition coefficient (Wildman–Crippen LogP) is 3.15. The van der Waals surface area contributed by atoms with Crippen molar-refractivity contribution in [1.29, 1.82) is 0 Å². The van der Waals surface area contributed by atoms with Gasteiger partial charge in [-0.05, 0) is 37.9 Å². The zero-order valence-electron chi connectivity index (χ0n) is 16.5. The van der Waals surface area contributed by atoms with Crippen molar-refractivity contribution in [1.82, 2.24) is 25.5 Å². The zero-order chi connectivity index (χ0) is 18.2. The number of piperidine rings is 1. The van der Waals surface area contributed by atoms with Crippen LogP contribution >= 0.6 is 24.0 Å². The normalized spacial score (nSPS) is 18.3. The Kier molecular flexibility index (Phi) is 9.33. The molecule has 2 aromatic rings. The number of hydrogen-bond donors (Lipinski definition) is 3. The number of para-hydroxylation sites is 2. The summed E-state index contributed by atoms with van der Waals surface area (Å²) in [5, 5.41) is 6.83. The summed E-state index contributed by atoms with van der Waals surface area (Å²) in [5.41, 5.74) is 2.12. The number of hydrogen-bond acceptors (Lipinski definition) is 3. The average Bonchev–Trinajstić information content (AvgIpc) is 3.10. The minimum Gasteiger partial charge on any atom is -0.356 e. The van der Waals surface area contributed by atoms with Gasteiger partial charge in [0.25, 0.3) is 0 Å². The maximum Gasteiger partial charge on any atom is 0.191 e. The smallest absolute Gasteiger partial charge is 0.191 e. The van der Waals surface area contributed by atoms with Crippen LogP contribution in [0.15, 0.2) is 29.3 Å². The number of guanidine groups is 1. The van der Waals surface area contributed by atoms with E-state index in [0.29, 0.717) is 0 Å². The number of nitrogens with zero attached hydrogens (tertiary/aromatic N) is 3. The van der Waals surface area contributed by atoms with Crippen LogP contribution in [0.2, 0.25) is 0 Å². The standard InChI is InChI=1S/C20H32N6.HI/c1-3-16-8-6-7-14-26(16)15-13-23-20(21-2)22-12-11-19-24-17-9-4-5-10-18(17)25-19;/h4-5,9-10,16H,3,6-8,11-15H2,1-2H3,(H,24,25)(H2,21,22,23);1H. The maximum absolute atomic E-state index is 4.61. The van der Waals surface area contributed by atoms with Crippen molar-refractivity contribution in [3.63, 3.8) is 0 Å². The number of nitrogens with one attached hydrogen (secondary N) is 3. The highest BCUT2D eigenvalue weighted by Crippen LogP contribution is 2.18. The highest BCUT2D eigenvalue weighted by Gasteiger charge is 2.19. The Morgan fingerprint density at radius 3 is 2.85 bits per heavy atom. The lowest BCUT2D eigenvalue weighted by Gasteiger charge is -2.35. The van der Waals surface area contributed by atoms with Crippen molar-refractivity contribution in [2.24, 2.45) is 4.99 Å². The fourth-order valence-corrected chi connectivity index (χ4v) is 3.78. The first kappa shape index (κ1) is 21.9. The van der Waals surface area contributed by atoms with E-state index < -0.39 is 0 Å². The molecule has 1 unspecified atom stereocenters. The molecule has 1 aromatic heterocycles. The van der Waals surface area contributed by atoms with Crippen molar-refractivity contribution in [2.45, 2.75) is 45.1 Å². The van der Waals surface area contributed by atoms with E-state index in [1.807, 2.05) is 25.2 Å². The van der Waals surface area contributed by atoms with Crippen molar-refractivity contribution < 1.29 is 0 Å². The number of H-pyrrole nitrogens is 1. The molecule has 1 fully saturated rings. The number of rotatable bonds is 7. The van der Waals surface area contributed by atoms with Gasteiger partial charge in [0, 0.05) is 39.1 Å². The molecule has 0 saturated carbocycles. The fraction of sp³-hybridized carbons (Fsp3) is 0.600. The Labute approximate surface area is 179 Å². The molecule has 1 saturated heterocycles. The van der Waals surface area contributed by atoms with Gasteiger partial charge >= 0.3 is 0 Å². The first-order chi connectivity index (χ1) is 12.8. The van der Waals surface area contributed by atoms with E-state index in [2.05, 4.69) is 43.5 Å². The summed E-state index contributed by atoms with van der Waals surface area (Å²) < 4.78 is 0. The lowest BCUT2D eigenvalue weighted by molar-refractivity contribution is 0.147. The predicted molar refractivity (Wildman–Crippen MR) is 124 cm³/mol. The van der Waals surface area contributed by atoms with E-state index in [4.69, 9.17) is 0 Å². The molecule has 0 radical (unpaired) electrons. The molecular formula is C20H33IN6. The first-order valence-electron chi connectivity index (χ1n) is 9.92. The number of aliphatic imine (C=N–C) groups is 1. The van der Waals surface area contributed by atoms with Crippen molar-refractivity contribution >= 4 is 41.0 Å². The molecule has 6 nitrogen and oxygen atoms in total. The topological polar surface area (TPSA) is 68.3 Å². The third-order valence-corrected chi connectivity index (χ3v) is 5.23. The average molecular weight is 484 g/mol. The van der Waals surface area contributed by atoms with Crippen molar-refractivity contribution in [3.05, 3.63) is 30.1 Å². The molecule has 7 heteroatoms. The Hall–Kier alpha value is -1.35. The number of aromatic nitrogens is 2. The molecule has 27 heavy (non-hydrogen) atoms. The summed E-state index contributed by atoms with van der Waals surface area (Å²) in [5.74, 6) is 1.87. The Morgan fingerprint density at radius 2 is 2.07 bits per heavy atom. The molecule has 0 aliphatic carbocycles. The molecule has 0 bridgehead atoms. The van der Waals surface area contributed by atoms with E-state index in [-0.39, 0.29) is 24.0 Å². The molecular weight excluding hydrogens is 451 g/mol. The van der Waals surface area contributed by atoms with Crippen molar-refractivity contribution in [2.75, 3.05) is 33.2 Å². The second-order valence-electron chi connectivity index (χ2n) is 6.97. The second kappa shape index (κ2) is 11.5. The summed E-state index contributed by atoms with van der Waals surface area (Å²) in [6, 6.07) is 8.90. The summed E-state index contributed by atoms with van der Waals surface area (Å²) >= 11 is 0. The largest absolute Gasteiger partial charge is 0.356 e. The summed E-state index contributed by atoms with van der Waals surface area (Å²) in [6.45, 7) is 6.36. The highest BCUT2D eigenvalue weighted by molar-refractivity contribution is 14.0. The van der Waals surface area contributed by atoms with E-state index in [1.165, 1.54) is 32.2 Å². The first-order valence-corrected chi connectivity index (χ1v) is 9.92. The minimum atomic E-state index is 0. The highest BCUT2D eigenvalue weighted by atomic mass is 127. The van der Waals surface area contributed by atoms with Gasteiger partial charge in [0.1, 0.15) is 5.82 Å². The minimum absolute atomic E-state index is 0. The van der Waals surface area contributed by atoms with Crippen LogP contribution in [0.25, 0.3) is 11.0 Å². The van der Waals surface area contributed by atoms with Crippen LogP contribution < -0.4 is 10.6 Å². The maximum atomic E-state index is 4.61. The molecule has 0 spiro atoms. The molecule has 150 valence electrons. The quantitative estimate of drug-likeness (QED) is 0.321. The van der Waals surface area contributed by atoms with Gasteiger partial charge in [-0.25, -0.2) is 4.98 Å². The molecule has 1 aliphatic heterocycles. The lowest BCUT2D eigenvalue weighted by atomic mass is 10.0. The molecule has 0 amide bonds.